The number of carbonyl (C=O) groups is 1. The van der Waals surface area contributed by atoms with Crippen LogP contribution in [-0.4, -0.2) is 19.3 Å². The molecule has 66 valence electrons. The van der Waals surface area contributed by atoms with Crippen LogP contribution < -0.4 is 0 Å². The summed E-state index contributed by atoms with van der Waals surface area (Å²) < 4.78 is 16.8. The van der Waals surface area contributed by atoms with Gasteiger partial charge < -0.3 is 4.74 Å². The van der Waals surface area contributed by atoms with Crippen LogP contribution in [0.25, 0.3) is 0 Å². The summed E-state index contributed by atoms with van der Waals surface area (Å²) in [6.45, 7) is 3.23. The molecule has 0 aliphatic rings. The van der Waals surface area contributed by atoms with Gasteiger partial charge in [-0.3, -0.25) is 4.79 Å². The Balaban J connectivity index is 3.52. The molecule has 0 aromatic carbocycles. The maximum atomic E-state index is 12.3. The molecule has 3 heteroatoms. The Labute approximate surface area is 66.7 Å². The Bertz CT molecular complexity index is 123. The number of alkyl halides is 1. The van der Waals surface area contributed by atoms with Gasteiger partial charge in [0.15, 0.2) is 0 Å². The predicted molar refractivity (Wildman–Crippen MR) is 41.0 cm³/mol. The molecule has 2 atom stereocenters. The normalized spacial score (nSPS) is 15.6. The van der Waals surface area contributed by atoms with Gasteiger partial charge in [0.2, 0.25) is 0 Å². The Kier molecular flexibility index (Phi) is 4.83. The van der Waals surface area contributed by atoms with Crippen LogP contribution in [0, 0.1) is 5.92 Å². The standard InChI is InChI=1S/C8H15FO2/c1-6(8(10)11-3)4-5-7(2)9/h6-7H,4-5H2,1-3H3. The van der Waals surface area contributed by atoms with E-state index in [2.05, 4.69) is 4.74 Å². The van der Waals surface area contributed by atoms with Crippen molar-refractivity contribution in [2.75, 3.05) is 7.11 Å². The molecule has 0 saturated heterocycles. The topological polar surface area (TPSA) is 26.3 Å². The fourth-order valence-corrected chi connectivity index (χ4v) is 0.799. The lowest BCUT2D eigenvalue weighted by atomic mass is 10.0. The van der Waals surface area contributed by atoms with Gasteiger partial charge in [-0.05, 0) is 19.8 Å². The molecule has 0 heterocycles. The number of esters is 1. The van der Waals surface area contributed by atoms with Crippen molar-refractivity contribution in [3.8, 4) is 0 Å². The maximum absolute atomic E-state index is 12.3. The van der Waals surface area contributed by atoms with Crippen molar-refractivity contribution in [3.63, 3.8) is 0 Å². The zero-order valence-electron chi connectivity index (χ0n) is 7.26. The fourth-order valence-electron chi connectivity index (χ4n) is 0.799. The van der Waals surface area contributed by atoms with Crippen molar-refractivity contribution in [3.05, 3.63) is 0 Å². The lowest BCUT2D eigenvalue weighted by Gasteiger charge is -2.08. The van der Waals surface area contributed by atoms with Crippen LogP contribution in [-0.2, 0) is 9.53 Å². The number of halogens is 1. The highest BCUT2D eigenvalue weighted by Crippen LogP contribution is 2.10. The highest BCUT2D eigenvalue weighted by molar-refractivity contribution is 5.71. The molecule has 0 radical (unpaired) electrons. The second kappa shape index (κ2) is 5.10. The zero-order chi connectivity index (χ0) is 8.85. The number of methoxy groups -OCH3 is 1. The molecule has 0 bridgehead atoms. The second-order valence-corrected chi connectivity index (χ2v) is 2.78. The van der Waals surface area contributed by atoms with Crippen molar-refractivity contribution in [1.82, 2.24) is 0 Å². The highest BCUT2D eigenvalue weighted by atomic mass is 19.1. The maximum Gasteiger partial charge on any atom is 0.308 e. The monoisotopic (exact) mass is 162 g/mol. The molecule has 0 N–H and O–H groups in total. The first-order valence-corrected chi connectivity index (χ1v) is 3.79. The van der Waals surface area contributed by atoms with E-state index in [1.54, 1.807) is 6.92 Å². The lowest BCUT2D eigenvalue weighted by molar-refractivity contribution is -0.145. The molecular weight excluding hydrogens is 147 g/mol. The minimum Gasteiger partial charge on any atom is -0.469 e. The van der Waals surface area contributed by atoms with Crippen LogP contribution in [0.3, 0.4) is 0 Å². The van der Waals surface area contributed by atoms with Crippen molar-refractivity contribution >= 4 is 5.97 Å². The van der Waals surface area contributed by atoms with Gasteiger partial charge in [0, 0.05) is 0 Å². The largest absolute Gasteiger partial charge is 0.469 e. The molecule has 2 nitrogen and oxygen atoms in total. The van der Waals surface area contributed by atoms with Crippen LogP contribution in [0.4, 0.5) is 4.39 Å². The molecule has 0 saturated carbocycles. The van der Waals surface area contributed by atoms with Crippen molar-refractivity contribution in [2.45, 2.75) is 32.9 Å². The molecule has 2 unspecified atom stereocenters. The molecule has 0 spiro atoms. The van der Waals surface area contributed by atoms with Crippen LogP contribution in [0.5, 0.6) is 0 Å². The van der Waals surface area contributed by atoms with Crippen LogP contribution in [0.1, 0.15) is 26.7 Å². The molecule has 0 aliphatic carbocycles. The van der Waals surface area contributed by atoms with Gasteiger partial charge in [-0.15, -0.1) is 0 Å². The number of ether oxygens (including phenoxy) is 1. The van der Waals surface area contributed by atoms with Gasteiger partial charge in [0.05, 0.1) is 19.2 Å². The van der Waals surface area contributed by atoms with E-state index in [9.17, 15) is 9.18 Å². The molecule has 0 amide bonds. The van der Waals surface area contributed by atoms with Gasteiger partial charge in [0.25, 0.3) is 0 Å². The summed E-state index contributed by atoms with van der Waals surface area (Å²) in [5.41, 5.74) is 0. The lowest BCUT2D eigenvalue weighted by Crippen LogP contribution is -2.13. The Morgan fingerprint density at radius 2 is 2.00 bits per heavy atom. The van der Waals surface area contributed by atoms with E-state index in [0.717, 1.165) is 0 Å². The SMILES string of the molecule is COC(=O)C(C)CCC(C)F. The first-order chi connectivity index (χ1) is 5.07. The predicted octanol–water partition coefficient (Wildman–Crippen LogP) is 1.93. The van der Waals surface area contributed by atoms with E-state index in [0.29, 0.717) is 12.8 Å². The fraction of sp³-hybridized carbons (Fsp3) is 0.875. The average molecular weight is 162 g/mol. The minimum absolute atomic E-state index is 0.182. The minimum atomic E-state index is -0.831. The van der Waals surface area contributed by atoms with Crippen LogP contribution in [0.15, 0.2) is 0 Å². The van der Waals surface area contributed by atoms with E-state index in [-0.39, 0.29) is 11.9 Å². The van der Waals surface area contributed by atoms with E-state index >= 15 is 0 Å². The summed E-state index contributed by atoms with van der Waals surface area (Å²) >= 11 is 0. The molecule has 0 aromatic rings. The third-order valence-electron chi connectivity index (χ3n) is 1.60. The van der Waals surface area contributed by atoms with Gasteiger partial charge in [-0.1, -0.05) is 6.92 Å². The second-order valence-electron chi connectivity index (χ2n) is 2.78. The number of carbonyl (C=O) groups excluding carboxylic acids is 1. The molecule has 0 rings (SSSR count). The van der Waals surface area contributed by atoms with Gasteiger partial charge in [-0.2, -0.15) is 0 Å². The number of hydrogen-bond donors (Lipinski definition) is 0. The van der Waals surface area contributed by atoms with Gasteiger partial charge in [-0.25, -0.2) is 4.39 Å². The van der Waals surface area contributed by atoms with E-state index < -0.39 is 6.17 Å². The smallest absolute Gasteiger partial charge is 0.308 e. The Morgan fingerprint density at radius 1 is 1.45 bits per heavy atom. The van der Waals surface area contributed by atoms with E-state index in [1.165, 1.54) is 14.0 Å². The first-order valence-electron chi connectivity index (χ1n) is 3.79. The van der Waals surface area contributed by atoms with Gasteiger partial charge >= 0.3 is 5.97 Å². The van der Waals surface area contributed by atoms with Crippen molar-refractivity contribution in [2.24, 2.45) is 5.92 Å². The summed E-state index contributed by atoms with van der Waals surface area (Å²) in [5.74, 6) is -0.441. The van der Waals surface area contributed by atoms with E-state index in [1.807, 2.05) is 0 Å². The summed E-state index contributed by atoms with van der Waals surface area (Å²) in [4.78, 5) is 10.8. The molecule has 0 fully saturated rings. The van der Waals surface area contributed by atoms with E-state index in [4.69, 9.17) is 0 Å². The average Bonchev–Trinajstić information content (AvgIpc) is 1.98. The number of rotatable bonds is 4. The third kappa shape index (κ3) is 4.76. The molecule has 0 aliphatic heterocycles. The summed E-state index contributed by atoms with van der Waals surface area (Å²) in [7, 11) is 1.34. The number of hydrogen-bond acceptors (Lipinski definition) is 2. The Hall–Kier alpha value is -0.600. The first kappa shape index (κ1) is 10.4. The summed E-state index contributed by atoms with van der Waals surface area (Å²) in [6, 6.07) is 0. The summed E-state index contributed by atoms with van der Waals surface area (Å²) in [6.07, 6.45) is 0.155. The molecular formula is C8H15FO2. The van der Waals surface area contributed by atoms with Crippen LogP contribution in [0.2, 0.25) is 0 Å². The van der Waals surface area contributed by atoms with Crippen molar-refractivity contribution in [1.29, 1.82) is 0 Å². The van der Waals surface area contributed by atoms with Crippen LogP contribution >= 0.6 is 0 Å². The van der Waals surface area contributed by atoms with Crippen molar-refractivity contribution < 1.29 is 13.9 Å². The Morgan fingerprint density at radius 3 is 2.36 bits per heavy atom. The quantitative estimate of drug-likeness (QED) is 0.590. The molecule has 0 aromatic heterocycles. The van der Waals surface area contributed by atoms with Gasteiger partial charge in [0.1, 0.15) is 0 Å². The molecule has 11 heavy (non-hydrogen) atoms. The third-order valence-corrected chi connectivity index (χ3v) is 1.60. The highest BCUT2D eigenvalue weighted by Gasteiger charge is 2.13. The zero-order valence-corrected chi connectivity index (χ0v) is 7.26. The summed E-state index contributed by atoms with van der Waals surface area (Å²) in [5, 5.41) is 0.